The van der Waals surface area contributed by atoms with Crippen molar-refractivity contribution in [1.82, 2.24) is 5.32 Å². The van der Waals surface area contributed by atoms with Crippen LogP contribution in [0, 0.1) is 0 Å². The van der Waals surface area contributed by atoms with Gasteiger partial charge in [0.15, 0.2) is 19.7 Å². The summed E-state index contributed by atoms with van der Waals surface area (Å²) in [5, 5.41) is 2.17. The molecule has 0 amide bonds. The maximum Gasteiger partial charge on any atom is 0.183 e. The molecule has 0 bridgehead atoms. The van der Waals surface area contributed by atoms with Gasteiger partial charge in [0.25, 0.3) is 0 Å². The second kappa shape index (κ2) is 7.84. The van der Waals surface area contributed by atoms with Crippen LogP contribution < -0.4 is 10.1 Å². The molecule has 0 spiro atoms. The predicted octanol–water partition coefficient (Wildman–Crippen LogP) is 1.41. The molecule has 0 aromatic heterocycles. The Labute approximate surface area is 144 Å². The van der Waals surface area contributed by atoms with E-state index in [4.69, 9.17) is 4.74 Å². The number of rotatable bonds is 8. The molecule has 6 nitrogen and oxygen atoms in total. The number of sulfone groups is 2. The van der Waals surface area contributed by atoms with Crippen LogP contribution in [0.5, 0.6) is 5.75 Å². The van der Waals surface area contributed by atoms with Crippen LogP contribution in [0.2, 0.25) is 0 Å². The molecule has 1 saturated heterocycles. The highest BCUT2D eigenvalue weighted by Crippen LogP contribution is 2.27. The van der Waals surface area contributed by atoms with Crippen molar-refractivity contribution in [1.29, 1.82) is 0 Å². The van der Waals surface area contributed by atoms with E-state index in [-0.39, 0.29) is 16.4 Å². The van der Waals surface area contributed by atoms with Gasteiger partial charge < -0.3 is 10.1 Å². The van der Waals surface area contributed by atoms with Gasteiger partial charge in [0.1, 0.15) is 5.75 Å². The number of benzene rings is 1. The first-order chi connectivity index (χ1) is 11.3. The summed E-state index contributed by atoms with van der Waals surface area (Å²) in [6.07, 6.45) is 1.84. The van der Waals surface area contributed by atoms with Crippen molar-refractivity contribution in [2.45, 2.75) is 42.9 Å². The van der Waals surface area contributed by atoms with E-state index >= 15 is 0 Å². The molecule has 0 saturated carbocycles. The lowest BCUT2D eigenvalue weighted by Gasteiger charge is -2.20. The molecule has 1 aromatic carbocycles. The molecule has 1 aliphatic heterocycles. The Morgan fingerprint density at radius 1 is 1.17 bits per heavy atom. The van der Waals surface area contributed by atoms with Crippen LogP contribution in [0.25, 0.3) is 0 Å². The summed E-state index contributed by atoms with van der Waals surface area (Å²) in [5.41, 5.74) is 0. The highest BCUT2D eigenvalue weighted by molar-refractivity contribution is 7.96. The molecule has 1 N–H and O–H groups in total. The lowest BCUT2D eigenvalue weighted by atomic mass is 10.2. The van der Waals surface area contributed by atoms with Crippen LogP contribution in [0.4, 0.5) is 0 Å². The number of hydrogen-bond donors (Lipinski definition) is 1. The number of ether oxygens (including phenoxy) is 1. The average Bonchev–Trinajstić information content (AvgIpc) is 2.84. The molecule has 8 heteroatoms. The Balaban J connectivity index is 2.24. The van der Waals surface area contributed by atoms with E-state index in [1.165, 1.54) is 12.1 Å². The lowest BCUT2D eigenvalue weighted by molar-refractivity contribution is 0.340. The minimum absolute atomic E-state index is 0.127. The fourth-order valence-electron chi connectivity index (χ4n) is 2.84. The van der Waals surface area contributed by atoms with Gasteiger partial charge in [-0.05, 0) is 44.2 Å². The van der Waals surface area contributed by atoms with Gasteiger partial charge in [-0.25, -0.2) is 16.8 Å². The summed E-state index contributed by atoms with van der Waals surface area (Å²) in [4.78, 5) is 0.135. The number of unbranched alkanes of at least 4 members (excludes halogenated alkanes) is 1. The highest BCUT2D eigenvalue weighted by atomic mass is 32.2. The van der Waals surface area contributed by atoms with Crippen molar-refractivity contribution in [3.05, 3.63) is 24.3 Å². The zero-order valence-corrected chi connectivity index (χ0v) is 15.7. The molecular weight excluding hydrogens is 350 g/mol. The van der Waals surface area contributed by atoms with E-state index < -0.39 is 31.0 Å². The average molecular weight is 376 g/mol. The van der Waals surface area contributed by atoms with E-state index in [2.05, 4.69) is 5.32 Å². The van der Waals surface area contributed by atoms with Gasteiger partial charge in [-0.3, -0.25) is 0 Å². The van der Waals surface area contributed by atoms with Gasteiger partial charge >= 0.3 is 0 Å². The SMILES string of the molecule is CCCCN[C@H]1CS(=O)(=O)C[C@@H]1S(=O)(=O)c1ccc(OCC)cc1. The first-order valence-corrected chi connectivity index (χ1v) is 11.6. The molecule has 0 unspecified atom stereocenters. The third kappa shape index (κ3) is 4.49. The molecule has 1 aliphatic rings. The molecule has 24 heavy (non-hydrogen) atoms. The first kappa shape index (κ1) is 19.2. The van der Waals surface area contributed by atoms with Crippen molar-refractivity contribution < 1.29 is 21.6 Å². The number of nitrogens with one attached hydrogen (secondary N) is 1. The van der Waals surface area contributed by atoms with Crippen LogP contribution in [-0.2, 0) is 19.7 Å². The molecule has 1 fully saturated rings. The Morgan fingerprint density at radius 3 is 2.42 bits per heavy atom. The summed E-state index contributed by atoms with van der Waals surface area (Å²) < 4.78 is 55.0. The topological polar surface area (TPSA) is 89.5 Å². The summed E-state index contributed by atoms with van der Waals surface area (Å²) in [6, 6.07) is 5.60. The van der Waals surface area contributed by atoms with Gasteiger partial charge in [-0.1, -0.05) is 13.3 Å². The Bertz CT molecular complexity index is 741. The van der Waals surface area contributed by atoms with E-state index in [1.807, 2.05) is 13.8 Å². The molecule has 1 aromatic rings. The lowest BCUT2D eigenvalue weighted by Crippen LogP contribution is -2.43. The van der Waals surface area contributed by atoms with Crippen LogP contribution >= 0.6 is 0 Å². The minimum atomic E-state index is -3.72. The quantitative estimate of drug-likeness (QED) is 0.691. The van der Waals surface area contributed by atoms with Crippen molar-refractivity contribution in [3.63, 3.8) is 0 Å². The van der Waals surface area contributed by atoms with E-state index in [0.717, 1.165) is 12.8 Å². The van der Waals surface area contributed by atoms with Gasteiger partial charge in [0.2, 0.25) is 0 Å². The molecular formula is C16H25NO5S2. The number of hydrogen-bond acceptors (Lipinski definition) is 6. The smallest absolute Gasteiger partial charge is 0.183 e. The van der Waals surface area contributed by atoms with Crippen LogP contribution in [0.15, 0.2) is 29.2 Å². The maximum absolute atomic E-state index is 12.9. The predicted molar refractivity (Wildman–Crippen MR) is 93.9 cm³/mol. The van der Waals surface area contributed by atoms with Crippen LogP contribution in [0.1, 0.15) is 26.7 Å². The van der Waals surface area contributed by atoms with E-state index in [9.17, 15) is 16.8 Å². The molecule has 136 valence electrons. The molecule has 1 heterocycles. The van der Waals surface area contributed by atoms with Gasteiger partial charge in [0.05, 0.1) is 28.3 Å². The fraction of sp³-hybridized carbons (Fsp3) is 0.625. The third-order valence-electron chi connectivity index (χ3n) is 4.10. The van der Waals surface area contributed by atoms with Crippen molar-refractivity contribution >= 4 is 19.7 Å². The fourth-order valence-corrected chi connectivity index (χ4v) is 7.56. The van der Waals surface area contributed by atoms with Crippen molar-refractivity contribution in [3.8, 4) is 5.75 Å². The minimum Gasteiger partial charge on any atom is -0.494 e. The molecule has 0 radical (unpaired) electrons. The summed E-state index contributed by atoms with van der Waals surface area (Å²) >= 11 is 0. The summed E-state index contributed by atoms with van der Waals surface area (Å²) in [6.45, 7) is 4.99. The van der Waals surface area contributed by atoms with Crippen molar-refractivity contribution in [2.24, 2.45) is 0 Å². The Kier molecular flexibility index (Phi) is 6.28. The zero-order valence-electron chi connectivity index (χ0n) is 14.1. The Hall–Kier alpha value is -1.12. The normalized spacial score (nSPS) is 23.2. The molecule has 0 aliphatic carbocycles. The van der Waals surface area contributed by atoms with Crippen LogP contribution in [-0.4, -0.2) is 52.8 Å². The summed E-state index contributed by atoms with van der Waals surface area (Å²) in [5.74, 6) is 0.136. The molecule has 2 rings (SSSR count). The van der Waals surface area contributed by atoms with Crippen molar-refractivity contribution in [2.75, 3.05) is 24.7 Å². The van der Waals surface area contributed by atoms with Gasteiger partial charge in [-0.15, -0.1) is 0 Å². The standard InChI is InChI=1S/C16H25NO5S2/c1-3-5-10-17-15-11-23(18,19)12-16(15)24(20,21)14-8-6-13(7-9-14)22-4-2/h6-9,15-17H,3-5,10-12H2,1-2H3/t15-,16-/m0/s1. The van der Waals surface area contributed by atoms with Crippen LogP contribution in [0.3, 0.4) is 0 Å². The zero-order chi connectivity index (χ0) is 17.8. The third-order valence-corrected chi connectivity index (χ3v) is 8.27. The molecule has 2 atom stereocenters. The van der Waals surface area contributed by atoms with E-state index in [1.54, 1.807) is 12.1 Å². The summed E-state index contributed by atoms with van der Waals surface area (Å²) in [7, 11) is -7.08. The second-order valence-corrected chi connectivity index (χ2v) is 10.3. The van der Waals surface area contributed by atoms with Gasteiger partial charge in [0, 0.05) is 6.04 Å². The highest BCUT2D eigenvalue weighted by Gasteiger charge is 2.45. The maximum atomic E-state index is 12.9. The van der Waals surface area contributed by atoms with Gasteiger partial charge in [-0.2, -0.15) is 0 Å². The second-order valence-electron chi connectivity index (χ2n) is 5.98. The monoisotopic (exact) mass is 375 g/mol. The Morgan fingerprint density at radius 2 is 1.83 bits per heavy atom. The largest absolute Gasteiger partial charge is 0.494 e. The first-order valence-electron chi connectivity index (χ1n) is 8.20. The van der Waals surface area contributed by atoms with E-state index in [0.29, 0.717) is 18.9 Å².